The summed E-state index contributed by atoms with van der Waals surface area (Å²) in [7, 11) is 0. The average molecular weight is 236 g/mol. The van der Waals surface area contributed by atoms with Crippen molar-refractivity contribution in [2.45, 2.75) is 18.8 Å². The predicted octanol–water partition coefficient (Wildman–Crippen LogP) is 1.04. The molecule has 1 unspecified atom stereocenters. The van der Waals surface area contributed by atoms with Gasteiger partial charge in [-0.1, -0.05) is 0 Å². The molecule has 3 rings (SSSR count). The van der Waals surface area contributed by atoms with Crippen LogP contribution in [0.5, 0.6) is 0 Å². The van der Waals surface area contributed by atoms with Crippen LogP contribution in [0.2, 0.25) is 0 Å². The first kappa shape index (κ1) is 9.46. The highest BCUT2D eigenvalue weighted by molar-refractivity contribution is 7.15. The number of carboxylic acid groups (broad SMARTS) is 1. The Kier molecular flexibility index (Phi) is 2.00. The van der Waals surface area contributed by atoms with Crippen molar-refractivity contribution in [3.63, 3.8) is 0 Å². The van der Waals surface area contributed by atoms with Gasteiger partial charge in [0.2, 0.25) is 0 Å². The summed E-state index contributed by atoms with van der Waals surface area (Å²) >= 11 is 1.49. The normalized spacial score (nSPS) is 18.6. The molecule has 2 heterocycles. The molecular formula is C9H8N4O2S. The highest BCUT2D eigenvalue weighted by atomic mass is 32.1. The molecule has 82 valence electrons. The van der Waals surface area contributed by atoms with Gasteiger partial charge in [0.15, 0.2) is 10.8 Å². The smallest absolute Gasteiger partial charge is 0.312 e. The van der Waals surface area contributed by atoms with E-state index in [1.807, 2.05) is 0 Å². The van der Waals surface area contributed by atoms with Gasteiger partial charge in [-0.2, -0.15) is 5.10 Å². The summed E-state index contributed by atoms with van der Waals surface area (Å²) in [5, 5.41) is 16.2. The van der Waals surface area contributed by atoms with Crippen LogP contribution < -0.4 is 0 Å². The Morgan fingerprint density at radius 2 is 2.50 bits per heavy atom. The molecule has 2 N–H and O–H groups in total. The Bertz CT molecular complexity index is 534. The Morgan fingerprint density at radius 3 is 3.19 bits per heavy atom. The number of aromatic amines is 1. The number of nitrogens with zero attached hydrogens (tertiary/aromatic N) is 3. The van der Waals surface area contributed by atoms with E-state index in [0.717, 1.165) is 11.3 Å². The zero-order chi connectivity index (χ0) is 11.1. The van der Waals surface area contributed by atoms with E-state index in [2.05, 4.69) is 20.2 Å². The lowest BCUT2D eigenvalue weighted by atomic mass is 10.1. The number of carboxylic acids is 1. The van der Waals surface area contributed by atoms with Gasteiger partial charge in [0.05, 0.1) is 5.69 Å². The van der Waals surface area contributed by atoms with Crippen molar-refractivity contribution in [3.8, 4) is 10.8 Å². The number of aliphatic carboxylic acids is 1. The molecular weight excluding hydrogens is 228 g/mol. The quantitative estimate of drug-likeness (QED) is 0.812. The third-order valence-electron chi connectivity index (χ3n) is 2.63. The molecule has 0 aliphatic heterocycles. The third kappa shape index (κ3) is 1.32. The number of fused-ring (bicyclic) bond motifs is 1. The van der Waals surface area contributed by atoms with Crippen LogP contribution in [0.4, 0.5) is 0 Å². The second-order valence-corrected chi connectivity index (χ2v) is 4.67. The van der Waals surface area contributed by atoms with Gasteiger partial charge in [0.1, 0.15) is 12.2 Å². The molecule has 1 aliphatic rings. The maximum atomic E-state index is 11.0. The molecule has 0 fully saturated rings. The lowest BCUT2D eigenvalue weighted by molar-refractivity contribution is -0.138. The topological polar surface area (TPSA) is 91.8 Å². The standard InChI is InChI=1S/C9H8N4O2S/c14-9(15)4-1-2-5-6(4)12-8(16-5)7-10-3-11-13-7/h3-4H,1-2H2,(H,14,15)(H,10,11,13). The number of H-pyrrole nitrogens is 1. The Labute approximate surface area is 94.4 Å². The van der Waals surface area contributed by atoms with Crippen LogP contribution in [0.3, 0.4) is 0 Å². The van der Waals surface area contributed by atoms with E-state index >= 15 is 0 Å². The van der Waals surface area contributed by atoms with Crippen molar-refractivity contribution in [2.24, 2.45) is 0 Å². The van der Waals surface area contributed by atoms with Gasteiger partial charge >= 0.3 is 5.97 Å². The summed E-state index contributed by atoms with van der Waals surface area (Å²) in [4.78, 5) is 20.4. The first-order chi connectivity index (χ1) is 7.75. The summed E-state index contributed by atoms with van der Waals surface area (Å²) < 4.78 is 0. The lowest BCUT2D eigenvalue weighted by Crippen LogP contribution is -2.08. The monoisotopic (exact) mass is 236 g/mol. The number of hydrogen-bond acceptors (Lipinski definition) is 5. The molecule has 0 bridgehead atoms. The summed E-state index contributed by atoms with van der Waals surface area (Å²) in [6.07, 6.45) is 2.86. The van der Waals surface area contributed by atoms with Gasteiger partial charge < -0.3 is 5.11 Å². The van der Waals surface area contributed by atoms with E-state index in [9.17, 15) is 4.79 Å². The van der Waals surface area contributed by atoms with Crippen LogP contribution in [0.25, 0.3) is 10.8 Å². The number of hydrogen-bond donors (Lipinski definition) is 2. The molecule has 1 atom stereocenters. The van der Waals surface area contributed by atoms with Gasteiger partial charge in [0.25, 0.3) is 0 Å². The Balaban J connectivity index is 2.02. The minimum absolute atomic E-state index is 0.456. The molecule has 16 heavy (non-hydrogen) atoms. The predicted molar refractivity (Wildman–Crippen MR) is 56.2 cm³/mol. The fourth-order valence-corrected chi connectivity index (χ4v) is 2.96. The summed E-state index contributed by atoms with van der Waals surface area (Å²) in [6, 6.07) is 0. The largest absolute Gasteiger partial charge is 0.481 e. The van der Waals surface area contributed by atoms with Crippen LogP contribution in [-0.2, 0) is 11.2 Å². The van der Waals surface area contributed by atoms with Crippen LogP contribution in [0.1, 0.15) is 22.9 Å². The summed E-state index contributed by atoms with van der Waals surface area (Å²) in [5.74, 6) is -0.653. The lowest BCUT2D eigenvalue weighted by Gasteiger charge is -2.00. The van der Waals surface area contributed by atoms with E-state index in [0.29, 0.717) is 22.9 Å². The molecule has 1 aliphatic carbocycles. The summed E-state index contributed by atoms with van der Waals surface area (Å²) in [6.45, 7) is 0. The van der Waals surface area contributed by atoms with Crippen molar-refractivity contribution < 1.29 is 9.90 Å². The molecule has 0 amide bonds. The number of rotatable bonds is 2. The molecule has 0 saturated heterocycles. The Morgan fingerprint density at radius 1 is 1.62 bits per heavy atom. The van der Waals surface area contributed by atoms with Crippen molar-refractivity contribution >= 4 is 17.3 Å². The molecule has 0 spiro atoms. The van der Waals surface area contributed by atoms with Gasteiger partial charge in [-0.25, -0.2) is 9.97 Å². The maximum absolute atomic E-state index is 11.0. The zero-order valence-corrected chi connectivity index (χ0v) is 8.99. The number of carbonyl (C=O) groups is 1. The fourth-order valence-electron chi connectivity index (χ4n) is 1.88. The molecule has 6 nitrogen and oxygen atoms in total. The van der Waals surface area contributed by atoms with Crippen LogP contribution in [-0.4, -0.2) is 31.2 Å². The van der Waals surface area contributed by atoms with Gasteiger partial charge in [-0.05, 0) is 12.8 Å². The molecule has 0 aromatic carbocycles. The SMILES string of the molecule is O=C(O)C1CCc2sc(-c3ncn[nH]3)nc21. The maximum Gasteiger partial charge on any atom is 0.312 e. The third-order valence-corrected chi connectivity index (χ3v) is 3.77. The average Bonchev–Trinajstić information content (AvgIpc) is 2.92. The van der Waals surface area contributed by atoms with Crippen molar-refractivity contribution in [3.05, 3.63) is 16.9 Å². The van der Waals surface area contributed by atoms with Crippen LogP contribution in [0, 0.1) is 0 Å². The number of aryl methyl sites for hydroxylation is 1. The second kappa shape index (κ2) is 3.38. The number of aromatic nitrogens is 4. The highest BCUT2D eigenvalue weighted by Gasteiger charge is 2.32. The van der Waals surface area contributed by atoms with E-state index in [4.69, 9.17) is 5.11 Å². The minimum atomic E-state index is -0.798. The molecule has 7 heteroatoms. The van der Waals surface area contributed by atoms with Crippen LogP contribution in [0.15, 0.2) is 6.33 Å². The zero-order valence-electron chi connectivity index (χ0n) is 8.17. The molecule has 0 radical (unpaired) electrons. The number of thiazole rings is 1. The molecule has 2 aromatic heterocycles. The minimum Gasteiger partial charge on any atom is -0.481 e. The summed E-state index contributed by atoms with van der Waals surface area (Å²) in [5.41, 5.74) is 0.698. The molecule has 2 aromatic rings. The van der Waals surface area contributed by atoms with E-state index in [1.54, 1.807) is 0 Å². The van der Waals surface area contributed by atoms with Crippen LogP contribution >= 0.6 is 11.3 Å². The van der Waals surface area contributed by atoms with Gasteiger partial charge in [-0.3, -0.25) is 9.89 Å². The van der Waals surface area contributed by atoms with Gasteiger partial charge in [-0.15, -0.1) is 11.3 Å². The first-order valence-electron chi connectivity index (χ1n) is 4.84. The van der Waals surface area contributed by atoms with Crippen molar-refractivity contribution in [1.29, 1.82) is 0 Å². The van der Waals surface area contributed by atoms with E-state index < -0.39 is 11.9 Å². The first-order valence-corrected chi connectivity index (χ1v) is 5.65. The van der Waals surface area contributed by atoms with Crippen molar-refractivity contribution in [1.82, 2.24) is 20.2 Å². The fraction of sp³-hybridized carbons (Fsp3) is 0.333. The van der Waals surface area contributed by atoms with Crippen molar-refractivity contribution in [2.75, 3.05) is 0 Å². The van der Waals surface area contributed by atoms with Gasteiger partial charge in [0, 0.05) is 4.88 Å². The van der Waals surface area contributed by atoms with E-state index in [1.165, 1.54) is 17.7 Å². The number of nitrogens with one attached hydrogen (secondary N) is 1. The highest BCUT2D eigenvalue weighted by Crippen LogP contribution is 2.38. The second-order valence-electron chi connectivity index (χ2n) is 3.59. The molecule has 0 saturated carbocycles. The Hall–Kier alpha value is -1.76. The van der Waals surface area contributed by atoms with E-state index in [-0.39, 0.29) is 0 Å².